The summed E-state index contributed by atoms with van der Waals surface area (Å²) in [7, 11) is -3.45. The maximum Gasteiger partial charge on any atom is 0.243 e. The van der Waals surface area contributed by atoms with Crippen LogP contribution in [0.1, 0.15) is 18.7 Å². The number of fused-ring (bicyclic) bond motifs is 1. The van der Waals surface area contributed by atoms with E-state index in [1.165, 1.54) is 0 Å². The molecule has 1 aromatic carbocycles. The van der Waals surface area contributed by atoms with Gasteiger partial charge in [0.2, 0.25) is 10.0 Å². The van der Waals surface area contributed by atoms with E-state index < -0.39 is 10.0 Å². The highest BCUT2D eigenvalue weighted by Gasteiger charge is 2.33. The highest BCUT2D eigenvalue weighted by Crippen LogP contribution is 2.31. The van der Waals surface area contributed by atoms with Crippen LogP contribution in [0.25, 0.3) is 0 Å². The Morgan fingerprint density at radius 3 is 2.55 bits per heavy atom. The van der Waals surface area contributed by atoms with Crippen molar-refractivity contribution in [1.29, 1.82) is 0 Å². The largest absolute Gasteiger partial charge is 0.349 e. The van der Waals surface area contributed by atoms with Gasteiger partial charge < -0.3 is 4.57 Å². The standard InChI is InChI=1S/C14H15BrN2O2S/c1-11-14-3-2-8-16(14)9-10-17(11)20(18,19)13-6-4-12(15)5-7-13/h2-8,11H,9-10H2,1H3/t11-/m0/s1. The highest BCUT2D eigenvalue weighted by molar-refractivity contribution is 9.10. The van der Waals surface area contributed by atoms with Gasteiger partial charge in [-0.3, -0.25) is 0 Å². The van der Waals surface area contributed by atoms with E-state index in [1.54, 1.807) is 28.6 Å². The summed E-state index contributed by atoms with van der Waals surface area (Å²) in [5, 5.41) is 0. The topological polar surface area (TPSA) is 42.3 Å². The lowest BCUT2D eigenvalue weighted by molar-refractivity contribution is 0.282. The molecule has 1 aliphatic rings. The molecule has 2 heterocycles. The van der Waals surface area contributed by atoms with E-state index in [0.717, 1.165) is 10.2 Å². The molecule has 0 bridgehead atoms. The Kier molecular flexibility index (Phi) is 3.48. The van der Waals surface area contributed by atoms with Gasteiger partial charge in [0.1, 0.15) is 0 Å². The molecular formula is C14H15BrN2O2S. The van der Waals surface area contributed by atoms with E-state index >= 15 is 0 Å². The molecule has 1 aliphatic heterocycles. The summed E-state index contributed by atoms with van der Waals surface area (Å²) in [6.07, 6.45) is 2.00. The highest BCUT2D eigenvalue weighted by atomic mass is 79.9. The lowest BCUT2D eigenvalue weighted by Gasteiger charge is -2.33. The predicted octanol–water partition coefficient (Wildman–Crippen LogP) is 3.02. The van der Waals surface area contributed by atoms with E-state index in [0.29, 0.717) is 18.0 Å². The number of aromatic nitrogens is 1. The maximum absolute atomic E-state index is 12.7. The van der Waals surface area contributed by atoms with Crippen molar-refractivity contribution in [2.24, 2.45) is 0 Å². The van der Waals surface area contributed by atoms with Crippen LogP contribution in [0.3, 0.4) is 0 Å². The van der Waals surface area contributed by atoms with Crippen molar-refractivity contribution in [2.45, 2.75) is 24.4 Å². The van der Waals surface area contributed by atoms with Crippen molar-refractivity contribution < 1.29 is 8.42 Å². The predicted molar refractivity (Wildman–Crippen MR) is 80.9 cm³/mol. The average Bonchev–Trinajstić information content (AvgIpc) is 2.88. The molecule has 2 aromatic rings. The van der Waals surface area contributed by atoms with Crippen LogP contribution in [0, 0.1) is 0 Å². The minimum Gasteiger partial charge on any atom is -0.349 e. The van der Waals surface area contributed by atoms with E-state index in [-0.39, 0.29) is 6.04 Å². The van der Waals surface area contributed by atoms with Crippen molar-refractivity contribution in [3.63, 3.8) is 0 Å². The van der Waals surface area contributed by atoms with Gasteiger partial charge in [0.25, 0.3) is 0 Å². The molecule has 3 rings (SSSR count). The zero-order valence-corrected chi connectivity index (χ0v) is 13.4. The molecule has 1 atom stereocenters. The summed E-state index contributed by atoms with van der Waals surface area (Å²) >= 11 is 3.32. The number of nitrogens with zero attached hydrogens (tertiary/aromatic N) is 2. The van der Waals surface area contributed by atoms with Gasteiger partial charge in [0.15, 0.2) is 0 Å². The first-order chi connectivity index (χ1) is 9.50. The third kappa shape index (κ3) is 2.21. The van der Waals surface area contributed by atoms with E-state index in [4.69, 9.17) is 0 Å². The van der Waals surface area contributed by atoms with Gasteiger partial charge >= 0.3 is 0 Å². The molecule has 4 nitrogen and oxygen atoms in total. The molecule has 0 saturated carbocycles. The fraction of sp³-hybridized carbons (Fsp3) is 0.286. The van der Waals surface area contributed by atoms with Crippen LogP contribution in [0.5, 0.6) is 0 Å². The van der Waals surface area contributed by atoms with Crippen molar-refractivity contribution in [3.8, 4) is 0 Å². The van der Waals surface area contributed by atoms with Crippen molar-refractivity contribution in [1.82, 2.24) is 8.87 Å². The molecule has 20 heavy (non-hydrogen) atoms. The van der Waals surface area contributed by atoms with Crippen molar-refractivity contribution in [3.05, 3.63) is 52.8 Å². The lowest BCUT2D eigenvalue weighted by atomic mass is 10.2. The minimum atomic E-state index is -3.45. The molecule has 1 aromatic heterocycles. The number of hydrogen-bond acceptors (Lipinski definition) is 2. The molecule has 0 unspecified atom stereocenters. The van der Waals surface area contributed by atoms with Gasteiger partial charge in [-0.2, -0.15) is 4.31 Å². The Bertz CT molecular complexity index is 722. The smallest absolute Gasteiger partial charge is 0.243 e. The van der Waals surface area contributed by atoms with Crippen molar-refractivity contribution in [2.75, 3.05) is 6.54 Å². The quantitative estimate of drug-likeness (QED) is 0.831. The molecule has 0 aliphatic carbocycles. The zero-order chi connectivity index (χ0) is 14.3. The molecule has 0 N–H and O–H groups in total. The SMILES string of the molecule is C[C@H]1c2cccn2CCN1S(=O)(=O)c1ccc(Br)cc1. The monoisotopic (exact) mass is 354 g/mol. The van der Waals surface area contributed by atoms with Gasteiger partial charge in [-0.15, -0.1) is 0 Å². The molecular weight excluding hydrogens is 340 g/mol. The van der Waals surface area contributed by atoms with Crippen LogP contribution in [0.4, 0.5) is 0 Å². The fourth-order valence-electron chi connectivity index (χ4n) is 2.63. The second-order valence-electron chi connectivity index (χ2n) is 4.87. The molecule has 0 fully saturated rings. The lowest BCUT2D eigenvalue weighted by Crippen LogP contribution is -2.40. The van der Waals surface area contributed by atoms with Crippen LogP contribution in [0.2, 0.25) is 0 Å². The Balaban J connectivity index is 1.99. The fourth-order valence-corrected chi connectivity index (χ4v) is 4.49. The Morgan fingerprint density at radius 1 is 1.15 bits per heavy atom. The van der Waals surface area contributed by atoms with E-state index in [9.17, 15) is 8.42 Å². The van der Waals surface area contributed by atoms with E-state index in [1.807, 2.05) is 25.3 Å². The van der Waals surface area contributed by atoms with Crippen LogP contribution < -0.4 is 0 Å². The molecule has 0 radical (unpaired) electrons. The minimum absolute atomic E-state index is 0.146. The Morgan fingerprint density at radius 2 is 1.85 bits per heavy atom. The van der Waals surface area contributed by atoms with Crippen LogP contribution >= 0.6 is 15.9 Å². The van der Waals surface area contributed by atoms with Crippen LogP contribution in [0.15, 0.2) is 52.0 Å². The summed E-state index contributed by atoms with van der Waals surface area (Å²) in [5.41, 5.74) is 1.04. The second kappa shape index (κ2) is 5.02. The number of benzene rings is 1. The average molecular weight is 355 g/mol. The van der Waals surface area contributed by atoms with Gasteiger partial charge in [-0.25, -0.2) is 8.42 Å². The number of hydrogen-bond donors (Lipinski definition) is 0. The van der Waals surface area contributed by atoms with Gasteiger partial charge in [0.05, 0.1) is 10.9 Å². The van der Waals surface area contributed by atoms with Gasteiger partial charge in [-0.1, -0.05) is 15.9 Å². The third-order valence-corrected chi connectivity index (χ3v) is 6.22. The Hall–Kier alpha value is -1.11. The molecule has 0 amide bonds. The van der Waals surface area contributed by atoms with Crippen LogP contribution in [-0.2, 0) is 16.6 Å². The number of halogens is 1. The first-order valence-electron chi connectivity index (χ1n) is 6.42. The van der Waals surface area contributed by atoms with Gasteiger partial charge in [0, 0.05) is 29.5 Å². The Labute approximate surface area is 127 Å². The van der Waals surface area contributed by atoms with Crippen molar-refractivity contribution >= 4 is 26.0 Å². The zero-order valence-electron chi connectivity index (χ0n) is 11.0. The summed E-state index contributed by atoms with van der Waals surface area (Å²) in [6, 6.07) is 10.6. The van der Waals surface area contributed by atoms with E-state index in [2.05, 4.69) is 20.5 Å². The summed E-state index contributed by atoms with van der Waals surface area (Å²) in [5.74, 6) is 0. The summed E-state index contributed by atoms with van der Waals surface area (Å²) in [6.45, 7) is 3.13. The number of rotatable bonds is 2. The molecule has 106 valence electrons. The molecule has 0 spiro atoms. The summed E-state index contributed by atoms with van der Waals surface area (Å²) < 4.78 is 30.0. The first-order valence-corrected chi connectivity index (χ1v) is 8.66. The second-order valence-corrected chi connectivity index (χ2v) is 7.68. The first kappa shape index (κ1) is 13.9. The van der Waals surface area contributed by atoms with Crippen LogP contribution in [-0.4, -0.2) is 23.8 Å². The normalized spacial score (nSPS) is 19.8. The maximum atomic E-state index is 12.7. The number of sulfonamides is 1. The third-order valence-electron chi connectivity index (χ3n) is 3.71. The van der Waals surface area contributed by atoms with Gasteiger partial charge in [-0.05, 0) is 43.3 Å². The summed E-state index contributed by atoms with van der Waals surface area (Å²) in [4.78, 5) is 0.340. The molecule has 0 saturated heterocycles. The molecule has 6 heteroatoms.